The maximum absolute atomic E-state index is 12.2. The number of likely N-dealkylation sites (tertiary alicyclic amines) is 1. The number of pyridine rings is 1. The lowest BCUT2D eigenvalue weighted by molar-refractivity contribution is 0.0904. The van der Waals surface area contributed by atoms with Gasteiger partial charge in [0.2, 0.25) is 0 Å². The van der Waals surface area contributed by atoms with Crippen LogP contribution < -0.4 is 5.32 Å². The summed E-state index contributed by atoms with van der Waals surface area (Å²) >= 11 is 5.83. The van der Waals surface area contributed by atoms with Crippen LogP contribution in [0.15, 0.2) is 48.5 Å². The third-order valence-electron chi connectivity index (χ3n) is 4.12. The summed E-state index contributed by atoms with van der Waals surface area (Å²) in [4.78, 5) is 18.7. The monoisotopic (exact) mass is 329 g/mol. The predicted octanol–water partition coefficient (Wildman–Crippen LogP) is 3.13. The Labute approximate surface area is 141 Å². The average molecular weight is 330 g/mol. The second kappa shape index (κ2) is 7.57. The van der Waals surface area contributed by atoms with Gasteiger partial charge in [-0.3, -0.25) is 9.69 Å². The molecule has 1 amide bonds. The minimum absolute atomic E-state index is 0.144. The Morgan fingerprint density at radius 2 is 1.87 bits per heavy atom. The molecular formula is C18H20ClN3O. The molecule has 2 heterocycles. The Bertz CT molecular complexity index is 654. The number of halogens is 1. The first-order chi connectivity index (χ1) is 11.2. The van der Waals surface area contributed by atoms with Crippen LogP contribution in [-0.2, 0) is 6.54 Å². The minimum Gasteiger partial charge on any atom is -0.348 e. The van der Waals surface area contributed by atoms with Gasteiger partial charge in [-0.2, -0.15) is 0 Å². The van der Waals surface area contributed by atoms with Gasteiger partial charge < -0.3 is 5.32 Å². The van der Waals surface area contributed by atoms with E-state index < -0.39 is 0 Å². The first kappa shape index (κ1) is 16.0. The number of benzene rings is 1. The first-order valence-electron chi connectivity index (χ1n) is 7.90. The lowest BCUT2D eigenvalue weighted by atomic mass is 10.0. The van der Waals surface area contributed by atoms with Gasteiger partial charge in [0.1, 0.15) is 10.8 Å². The van der Waals surface area contributed by atoms with E-state index in [1.54, 1.807) is 18.2 Å². The number of hydrogen-bond donors (Lipinski definition) is 1. The summed E-state index contributed by atoms with van der Waals surface area (Å²) < 4.78 is 0. The van der Waals surface area contributed by atoms with Crippen LogP contribution >= 0.6 is 11.6 Å². The third-order valence-corrected chi connectivity index (χ3v) is 4.33. The predicted molar refractivity (Wildman–Crippen MR) is 91.5 cm³/mol. The smallest absolute Gasteiger partial charge is 0.270 e. The van der Waals surface area contributed by atoms with Gasteiger partial charge in [-0.25, -0.2) is 4.98 Å². The molecule has 1 aromatic carbocycles. The molecule has 23 heavy (non-hydrogen) atoms. The van der Waals surface area contributed by atoms with Crippen LogP contribution in [0.5, 0.6) is 0 Å². The standard InChI is InChI=1S/C18H20ClN3O/c19-17-8-4-7-16(21-17)18(23)20-15-9-11-22(12-10-15)13-14-5-2-1-3-6-14/h1-8,15H,9-13H2,(H,20,23). The molecule has 0 spiro atoms. The van der Waals surface area contributed by atoms with E-state index in [1.165, 1.54) is 5.56 Å². The molecule has 0 unspecified atom stereocenters. The number of piperidine rings is 1. The molecule has 1 aliphatic rings. The van der Waals surface area contributed by atoms with Crippen molar-refractivity contribution in [2.75, 3.05) is 13.1 Å². The SMILES string of the molecule is O=C(NC1CCN(Cc2ccccc2)CC1)c1cccc(Cl)n1. The van der Waals surface area contributed by atoms with Gasteiger partial charge >= 0.3 is 0 Å². The maximum Gasteiger partial charge on any atom is 0.270 e. The zero-order chi connectivity index (χ0) is 16.1. The van der Waals surface area contributed by atoms with E-state index in [1.807, 2.05) is 6.07 Å². The Morgan fingerprint density at radius 3 is 2.57 bits per heavy atom. The summed E-state index contributed by atoms with van der Waals surface area (Å²) in [6.07, 6.45) is 1.91. The Kier molecular flexibility index (Phi) is 5.26. The van der Waals surface area contributed by atoms with Gasteiger partial charge in [0, 0.05) is 25.7 Å². The van der Waals surface area contributed by atoms with Crippen LogP contribution in [0.4, 0.5) is 0 Å². The number of aromatic nitrogens is 1. The van der Waals surface area contributed by atoms with Crippen molar-refractivity contribution < 1.29 is 4.79 Å². The number of amides is 1. The van der Waals surface area contributed by atoms with Crippen LogP contribution in [-0.4, -0.2) is 34.9 Å². The molecule has 0 bridgehead atoms. The highest BCUT2D eigenvalue weighted by Gasteiger charge is 2.21. The largest absolute Gasteiger partial charge is 0.348 e. The van der Waals surface area contributed by atoms with Gasteiger partial charge in [0.15, 0.2) is 0 Å². The molecule has 5 heteroatoms. The van der Waals surface area contributed by atoms with E-state index in [-0.39, 0.29) is 11.9 Å². The fraction of sp³-hybridized carbons (Fsp3) is 0.333. The van der Waals surface area contributed by atoms with E-state index in [9.17, 15) is 4.79 Å². The van der Waals surface area contributed by atoms with E-state index in [0.29, 0.717) is 10.8 Å². The average Bonchev–Trinajstić information content (AvgIpc) is 2.57. The number of carbonyl (C=O) groups is 1. The maximum atomic E-state index is 12.2. The summed E-state index contributed by atoms with van der Waals surface area (Å²) in [5.74, 6) is -0.144. The number of rotatable bonds is 4. The molecular weight excluding hydrogens is 310 g/mol. The summed E-state index contributed by atoms with van der Waals surface area (Å²) in [6, 6.07) is 15.8. The molecule has 0 saturated carbocycles. The Morgan fingerprint density at radius 1 is 1.13 bits per heavy atom. The highest BCUT2D eigenvalue weighted by molar-refractivity contribution is 6.29. The molecule has 1 fully saturated rings. The lowest BCUT2D eigenvalue weighted by Gasteiger charge is -2.32. The molecule has 4 nitrogen and oxygen atoms in total. The van der Waals surface area contributed by atoms with Gasteiger partial charge in [0.25, 0.3) is 5.91 Å². The second-order valence-corrected chi connectivity index (χ2v) is 6.24. The molecule has 2 aromatic rings. The van der Waals surface area contributed by atoms with E-state index in [4.69, 9.17) is 11.6 Å². The number of nitrogens with one attached hydrogen (secondary N) is 1. The van der Waals surface area contributed by atoms with Crippen LogP contribution in [0.2, 0.25) is 5.15 Å². The normalized spacial score (nSPS) is 16.2. The van der Waals surface area contributed by atoms with Crippen molar-refractivity contribution in [1.29, 1.82) is 0 Å². The van der Waals surface area contributed by atoms with Crippen molar-refractivity contribution >= 4 is 17.5 Å². The summed E-state index contributed by atoms with van der Waals surface area (Å²) in [5, 5.41) is 3.40. The zero-order valence-electron chi connectivity index (χ0n) is 12.9. The van der Waals surface area contributed by atoms with E-state index in [2.05, 4.69) is 39.5 Å². The van der Waals surface area contributed by atoms with Crippen molar-refractivity contribution in [3.05, 3.63) is 64.9 Å². The topological polar surface area (TPSA) is 45.2 Å². The zero-order valence-corrected chi connectivity index (χ0v) is 13.7. The quantitative estimate of drug-likeness (QED) is 0.877. The molecule has 0 aliphatic carbocycles. The minimum atomic E-state index is -0.144. The lowest BCUT2D eigenvalue weighted by Crippen LogP contribution is -2.44. The summed E-state index contributed by atoms with van der Waals surface area (Å²) in [5.41, 5.74) is 1.71. The fourth-order valence-electron chi connectivity index (χ4n) is 2.87. The van der Waals surface area contributed by atoms with Crippen LogP contribution in [0.3, 0.4) is 0 Å². The van der Waals surface area contributed by atoms with Gasteiger partial charge in [0.05, 0.1) is 0 Å². The second-order valence-electron chi connectivity index (χ2n) is 5.86. The van der Waals surface area contributed by atoms with Crippen molar-refractivity contribution in [2.45, 2.75) is 25.4 Å². The number of hydrogen-bond acceptors (Lipinski definition) is 3. The molecule has 3 rings (SSSR count). The Balaban J connectivity index is 1.48. The molecule has 120 valence electrons. The summed E-state index contributed by atoms with van der Waals surface area (Å²) in [7, 11) is 0. The van der Waals surface area contributed by atoms with E-state index >= 15 is 0 Å². The van der Waals surface area contributed by atoms with Gasteiger partial charge in [-0.1, -0.05) is 48.0 Å². The van der Waals surface area contributed by atoms with Crippen molar-refractivity contribution in [1.82, 2.24) is 15.2 Å². The van der Waals surface area contributed by atoms with Crippen molar-refractivity contribution in [3.63, 3.8) is 0 Å². The number of nitrogens with zero attached hydrogens (tertiary/aromatic N) is 2. The fourth-order valence-corrected chi connectivity index (χ4v) is 3.03. The highest BCUT2D eigenvalue weighted by atomic mass is 35.5. The Hall–Kier alpha value is -1.91. The van der Waals surface area contributed by atoms with E-state index in [0.717, 1.165) is 32.5 Å². The number of carbonyl (C=O) groups excluding carboxylic acids is 1. The molecule has 1 aromatic heterocycles. The molecule has 1 saturated heterocycles. The highest BCUT2D eigenvalue weighted by Crippen LogP contribution is 2.14. The molecule has 1 aliphatic heterocycles. The van der Waals surface area contributed by atoms with Crippen LogP contribution in [0.1, 0.15) is 28.9 Å². The van der Waals surface area contributed by atoms with Crippen molar-refractivity contribution in [2.24, 2.45) is 0 Å². The third kappa shape index (κ3) is 4.53. The summed E-state index contributed by atoms with van der Waals surface area (Å²) in [6.45, 7) is 2.95. The first-order valence-corrected chi connectivity index (χ1v) is 8.28. The van der Waals surface area contributed by atoms with Crippen molar-refractivity contribution in [3.8, 4) is 0 Å². The van der Waals surface area contributed by atoms with Gasteiger partial charge in [-0.15, -0.1) is 0 Å². The van der Waals surface area contributed by atoms with Gasteiger partial charge in [-0.05, 0) is 30.5 Å². The molecule has 0 radical (unpaired) electrons. The molecule has 0 atom stereocenters. The van der Waals surface area contributed by atoms with Crippen LogP contribution in [0, 0.1) is 0 Å². The van der Waals surface area contributed by atoms with Crippen LogP contribution in [0.25, 0.3) is 0 Å². The molecule has 1 N–H and O–H groups in total.